The summed E-state index contributed by atoms with van der Waals surface area (Å²) in [4.78, 5) is 69.0. The number of carbonyl (C=O) groups excluding carboxylic acids is 5. The highest BCUT2D eigenvalue weighted by Crippen LogP contribution is 2.64. The predicted molar refractivity (Wildman–Crippen MR) is 219 cm³/mol. The Morgan fingerprint density at radius 3 is 2.25 bits per heavy atom. The zero-order valence-electron chi connectivity index (χ0n) is 35.4. The zero-order chi connectivity index (χ0) is 41.5. The van der Waals surface area contributed by atoms with E-state index in [0.717, 1.165) is 96.6 Å². The summed E-state index contributed by atoms with van der Waals surface area (Å²) in [5.41, 5.74) is 17.0. The van der Waals surface area contributed by atoms with Gasteiger partial charge >= 0.3 is 0 Å². The van der Waals surface area contributed by atoms with Gasteiger partial charge in [-0.1, -0.05) is 52.9 Å². The van der Waals surface area contributed by atoms with Gasteiger partial charge in [-0.2, -0.15) is 0 Å². The van der Waals surface area contributed by atoms with Crippen molar-refractivity contribution < 1.29 is 33.4 Å². The molecule has 1 unspecified atom stereocenters. The molecular weight excluding hydrogens is 729 g/mol. The molecule has 2 heterocycles. The van der Waals surface area contributed by atoms with Gasteiger partial charge in [0, 0.05) is 20.2 Å². The van der Waals surface area contributed by atoms with E-state index < -0.39 is 41.8 Å². The molecule has 5 aliphatic rings. The number of nitrogens with two attached hydrogens (primary N) is 3. The van der Waals surface area contributed by atoms with Gasteiger partial charge in [0.15, 0.2) is 0 Å². The second kappa shape index (κ2) is 23.1. The molecule has 15 heteroatoms. The number of hydrogen-bond acceptors (Lipinski definition) is 10. The van der Waals surface area contributed by atoms with E-state index in [9.17, 15) is 24.0 Å². The molecule has 5 amide bonds. The summed E-state index contributed by atoms with van der Waals surface area (Å²) >= 11 is 0. The number of likely N-dealkylation sites (N-methyl/N-ethyl adjacent to an activating group) is 1. The van der Waals surface area contributed by atoms with Crippen LogP contribution in [0.4, 0.5) is 0 Å². The molecule has 10 N–H and O–H groups in total. The number of ether oxygens (including phenoxy) is 2. The summed E-state index contributed by atoms with van der Waals surface area (Å²) in [5.74, 6) is -2.05. The van der Waals surface area contributed by atoms with E-state index in [1.807, 2.05) is 20.8 Å². The molecule has 326 valence electrons. The first-order valence-electron chi connectivity index (χ1n) is 22.1. The fraction of sp³-hybridized carbons (Fsp3) is 0.881. The maximum Gasteiger partial charge on any atom is 0.243 e. The Morgan fingerprint density at radius 2 is 1.63 bits per heavy atom. The maximum absolute atomic E-state index is 14.3. The number of hydrogen-bond donors (Lipinski definition) is 7. The third-order valence-electron chi connectivity index (χ3n) is 13.5. The van der Waals surface area contributed by atoms with Crippen LogP contribution in [0.2, 0.25) is 0 Å². The van der Waals surface area contributed by atoms with Crippen LogP contribution in [0.3, 0.4) is 0 Å². The van der Waals surface area contributed by atoms with Crippen LogP contribution < -0.4 is 38.5 Å². The molecule has 57 heavy (non-hydrogen) atoms. The molecule has 8 atom stereocenters. The molecule has 2 saturated heterocycles. The smallest absolute Gasteiger partial charge is 0.243 e. The second-order valence-electron chi connectivity index (χ2n) is 17.7. The molecule has 5 rings (SSSR count). The highest BCUT2D eigenvalue weighted by atomic mass is 16.5. The summed E-state index contributed by atoms with van der Waals surface area (Å²) < 4.78 is 12.5. The number of primary amides is 1. The molecule has 2 aliphatic heterocycles. The van der Waals surface area contributed by atoms with E-state index >= 15 is 0 Å². The van der Waals surface area contributed by atoms with Crippen LogP contribution in [-0.4, -0.2) is 118 Å². The number of amides is 5. The van der Waals surface area contributed by atoms with Gasteiger partial charge < -0.3 is 52.8 Å². The van der Waals surface area contributed by atoms with Crippen LogP contribution in [0.5, 0.6) is 0 Å². The van der Waals surface area contributed by atoms with E-state index in [1.165, 1.54) is 4.90 Å². The first kappa shape index (κ1) is 46.8. The van der Waals surface area contributed by atoms with Gasteiger partial charge in [-0.15, -0.1) is 0 Å². The summed E-state index contributed by atoms with van der Waals surface area (Å²) in [7, 11) is 1.66. The molecule has 2 bridgehead atoms. The fourth-order valence-electron chi connectivity index (χ4n) is 9.86. The summed E-state index contributed by atoms with van der Waals surface area (Å²) in [5, 5.41) is 12.3. The minimum Gasteiger partial charge on any atom is -0.381 e. The molecule has 3 aliphatic carbocycles. The highest BCUT2D eigenvalue weighted by Gasteiger charge is 2.58. The lowest BCUT2D eigenvalue weighted by molar-refractivity contribution is -0.147. The van der Waals surface area contributed by atoms with Crippen molar-refractivity contribution in [3.05, 3.63) is 0 Å². The minimum absolute atomic E-state index is 0.0420. The Hall–Kier alpha value is -2.85. The molecule has 0 aromatic rings. The largest absolute Gasteiger partial charge is 0.381 e. The fourth-order valence-corrected chi connectivity index (χ4v) is 9.86. The van der Waals surface area contributed by atoms with E-state index in [0.29, 0.717) is 51.0 Å². The monoisotopic (exact) mass is 805 g/mol. The number of nitrogens with zero attached hydrogens (tertiary/aromatic N) is 1. The van der Waals surface area contributed by atoms with E-state index in [1.54, 1.807) is 7.05 Å². The van der Waals surface area contributed by atoms with Crippen LogP contribution in [-0.2, 0) is 33.4 Å². The van der Waals surface area contributed by atoms with Crippen molar-refractivity contribution in [3.63, 3.8) is 0 Å². The van der Waals surface area contributed by atoms with Crippen molar-refractivity contribution in [1.82, 2.24) is 26.2 Å². The van der Waals surface area contributed by atoms with Crippen molar-refractivity contribution in [2.45, 2.75) is 147 Å². The van der Waals surface area contributed by atoms with Crippen molar-refractivity contribution in [2.24, 2.45) is 52.2 Å². The van der Waals surface area contributed by atoms with Crippen molar-refractivity contribution in [3.8, 4) is 0 Å². The van der Waals surface area contributed by atoms with Gasteiger partial charge in [-0.25, -0.2) is 0 Å². The van der Waals surface area contributed by atoms with Gasteiger partial charge in [0.25, 0.3) is 0 Å². The van der Waals surface area contributed by atoms with Gasteiger partial charge in [-0.3, -0.25) is 24.0 Å². The van der Waals surface area contributed by atoms with Gasteiger partial charge in [-0.05, 0) is 107 Å². The third kappa shape index (κ3) is 12.8. The SMILES string of the molecule is CCC[C@@H](C(=O)N[C@H](C(=O)N[C@@H](CN)C(N)=O)C1CCCCCC1)N(C)C(=O)[C@H](C)[C@H]1CC2CC3(CCC3[C@@H](NC(=O)[C@@H](C)COCCCNCCCN)CO1)C2. The van der Waals surface area contributed by atoms with Gasteiger partial charge in [0.1, 0.15) is 18.1 Å². The minimum atomic E-state index is -1.05. The number of fused-ring (bicyclic) bond motifs is 4. The number of carbonyl (C=O) groups is 5. The second-order valence-corrected chi connectivity index (χ2v) is 17.7. The maximum atomic E-state index is 14.3. The number of rotatable bonds is 23. The summed E-state index contributed by atoms with van der Waals surface area (Å²) in [6.07, 6.45) is 13.1. The van der Waals surface area contributed by atoms with Crippen molar-refractivity contribution in [2.75, 3.05) is 53.0 Å². The topological polar surface area (TPSA) is 233 Å². The summed E-state index contributed by atoms with van der Waals surface area (Å²) in [6.45, 7) is 9.25. The van der Waals surface area contributed by atoms with E-state index in [4.69, 9.17) is 26.7 Å². The first-order valence-corrected chi connectivity index (χ1v) is 22.1. The van der Waals surface area contributed by atoms with E-state index in [-0.39, 0.29) is 47.8 Å². The lowest BCUT2D eigenvalue weighted by Crippen LogP contribution is -2.60. The Kier molecular flexibility index (Phi) is 19.0. The first-order chi connectivity index (χ1) is 27.3. The molecule has 0 radical (unpaired) electrons. The Labute approximate surface area is 341 Å². The van der Waals surface area contributed by atoms with Crippen LogP contribution in [0.15, 0.2) is 0 Å². The van der Waals surface area contributed by atoms with Gasteiger partial charge in [0.2, 0.25) is 29.5 Å². The third-order valence-corrected chi connectivity index (χ3v) is 13.5. The molecule has 15 nitrogen and oxygen atoms in total. The Balaban J connectivity index is 1.39. The van der Waals surface area contributed by atoms with E-state index in [2.05, 4.69) is 21.3 Å². The number of nitrogens with one attached hydrogen (secondary N) is 4. The van der Waals surface area contributed by atoms with Crippen LogP contribution in [0, 0.1) is 35.0 Å². The van der Waals surface area contributed by atoms with Gasteiger partial charge in [0.05, 0.1) is 37.2 Å². The molecular formula is C42H76N8O7. The standard InChI is InChI=1S/C42H76N8O7/c1-5-12-34(39(53)49-36(30-13-8-6-7-9-14-30)40(54)47-32(24-44)37(45)51)50(4)41(55)28(3)35-21-29-22-42(23-29)16-15-31(42)33(26-57-35)48-38(52)27(2)25-56-20-11-19-46-18-10-17-43/h27-36,46H,5-26,43-44H2,1-4H3,(H2,45,51)(H,47,54)(H,48,52)(H,49,53)/t27-,28+,29?,31?,32-,33-,34-,35+,36-,42?/m0/s1. The average molecular weight is 805 g/mol. The Morgan fingerprint density at radius 1 is 0.930 bits per heavy atom. The molecule has 0 aromatic carbocycles. The molecule has 1 spiro atoms. The average Bonchev–Trinajstić information content (AvgIpc) is 3.42. The lowest BCUT2D eigenvalue weighted by Gasteiger charge is -2.61. The van der Waals surface area contributed by atoms with Crippen LogP contribution in [0.25, 0.3) is 0 Å². The molecule has 3 saturated carbocycles. The molecule has 0 aromatic heterocycles. The normalized spacial score (nSPS) is 27.5. The molecule has 5 fully saturated rings. The Bertz CT molecular complexity index is 1310. The summed E-state index contributed by atoms with van der Waals surface area (Å²) in [6, 6.07) is -2.90. The highest BCUT2D eigenvalue weighted by molar-refractivity contribution is 5.94. The quantitative estimate of drug-likeness (QED) is 0.0584. The van der Waals surface area contributed by atoms with Crippen LogP contribution in [0.1, 0.15) is 117 Å². The van der Waals surface area contributed by atoms with Crippen molar-refractivity contribution >= 4 is 29.5 Å². The lowest BCUT2D eigenvalue weighted by atomic mass is 9.44. The van der Waals surface area contributed by atoms with Crippen LogP contribution >= 0.6 is 0 Å². The van der Waals surface area contributed by atoms with Crippen molar-refractivity contribution in [1.29, 1.82) is 0 Å². The predicted octanol–water partition coefficient (Wildman–Crippen LogP) is 1.69. The zero-order valence-corrected chi connectivity index (χ0v) is 35.4.